The van der Waals surface area contributed by atoms with Gasteiger partial charge in [-0.05, 0) is 6.42 Å². The number of hydrogen-bond acceptors (Lipinski definition) is 1. The molecule has 0 aromatic heterocycles. The third-order valence-corrected chi connectivity index (χ3v) is 1.10. The van der Waals surface area contributed by atoms with Gasteiger partial charge in [-0.15, -0.1) is 6.42 Å². The summed E-state index contributed by atoms with van der Waals surface area (Å²) in [5.74, 6) is 0. The second kappa shape index (κ2) is 23.1. The smallest absolute Gasteiger partial charge is 0.0430 e. The number of allylic oxidation sites excluding steroid dienone is 4. The number of aliphatic hydroxyl groups excluding tert-OH is 1. The Morgan fingerprint density at radius 3 is 2.08 bits per heavy atom. The Morgan fingerprint density at radius 2 is 2.00 bits per heavy atom. The first-order chi connectivity index (χ1) is 4.91. The van der Waals surface area contributed by atoms with E-state index in [2.05, 4.69) is 19.1 Å². The van der Waals surface area contributed by atoms with Crippen LogP contribution in [0.3, 0.4) is 0 Å². The van der Waals surface area contributed by atoms with Crippen LogP contribution >= 0.6 is 0 Å². The molecule has 4 heteroatoms. The van der Waals surface area contributed by atoms with Gasteiger partial charge in [-0.1, -0.05) is 13.3 Å². The van der Waals surface area contributed by atoms with E-state index >= 15 is 0 Å². The van der Waals surface area contributed by atoms with Gasteiger partial charge in [0.1, 0.15) is 0 Å². The standard InChI is InChI=1S/C5H5.C4H10O.2ClH.Hf/c1-2-4-5-3-1;1-2-3-4-5;;;/h1-3H,4H2;5H,2-4H2,1H3;2*1H;/q-1;;;;/p-2. The van der Waals surface area contributed by atoms with Gasteiger partial charge in [-0.2, -0.15) is 6.08 Å². The van der Waals surface area contributed by atoms with Crippen molar-refractivity contribution in [2.24, 2.45) is 0 Å². The molecule has 0 spiro atoms. The fourth-order valence-corrected chi connectivity index (χ4v) is 0.498. The first kappa shape index (κ1) is 23.6. The van der Waals surface area contributed by atoms with Gasteiger partial charge in [0, 0.05) is 32.5 Å². The maximum Gasteiger partial charge on any atom is 0.0430 e. The van der Waals surface area contributed by atoms with Crippen LogP contribution in [0.4, 0.5) is 0 Å². The van der Waals surface area contributed by atoms with Crippen LogP contribution in [-0.4, -0.2) is 11.7 Å². The fraction of sp³-hybridized carbons (Fsp3) is 0.556. The molecule has 0 atom stereocenters. The Bertz CT molecular complexity index is 104. The summed E-state index contributed by atoms with van der Waals surface area (Å²) >= 11 is 0. The summed E-state index contributed by atoms with van der Waals surface area (Å²) in [4.78, 5) is 0. The van der Waals surface area contributed by atoms with E-state index in [-0.39, 0.29) is 50.7 Å². The van der Waals surface area contributed by atoms with Crippen molar-refractivity contribution in [3.05, 3.63) is 24.3 Å². The molecule has 0 amide bonds. The molecule has 0 aliphatic heterocycles. The van der Waals surface area contributed by atoms with Crippen molar-refractivity contribution >= 4 is 0 Å². The molecular weight excluding hydrogens is 373 g/mol. The zero-order valence-electron chi connectivity index (χ0n) is 7.76. The maximum atomic E-state index is 8.07. The van der Waals surface area contributed by atoms with Gasteiger partial charge in [0.2, 0.25) is 0 Å². The molecule has 0 heterocycles. The van der Waals surface area contributed by atoms with Gasteiger partial charge < -0.3 is 29.9 Å². The Kier molecular flexibility index (Phi) is 41.8. The third kappa shape index (κ3) is 24.6. The van der Waals surface area contributed by atoms with Crippen molar-refractivity contribution in [3.63, 3.8) is 0 Å². The number of aliphatic hydroxyl groups is 1. The number of rotatable bonds is 2. The summed E-state index contributed by atoms with van der Waals surface area (Å²) in [6.07, 6.45) is 12.0. The normalized spacial score (nSPS) is 10.0. The summed E-state index contributed by atoms with van der Waals surface area (Å²) in [5, 5.41) is 8.07. The Balaban J connectivity index is -0.0000000506. The minimum atomic E-state index is 0. The van der Waals surface area contributed by atoms with E-state index in [1.165, 1.54) is 0 Å². The van der Waals surface area contributed by atoms with E-state index in [1.807, 2.05) is 12.2 Å². The van der Waals surface area contributed by atoms with Crippen LogP contribution in [0.5, 0.6) is 0 Å². The van der Waals surface area contributed by atoms with E-state index in [9.17, 15) is 0 Å². The van der Waals surface area contributed by atoms with E-state index in [0.717, 1.165) is 19.3 Å². The number of halogens is 2. The first-order valence-corrected chi connectivity index (χ1v) is 3.74. The van der Waals surface area contributed by atoms with Crippen LogP contribution in [0, 0.1) is 6.08 Å². The van der Waals surface area contributed by atoms with Gasteiger partial charge in [0.15, 0.2) is 0 Å². The molecule has 78 valence electrons. The monoisotopic (exact) mass is 389 g/mol. The van der Waals surface area contributed by atoms with Crippen LogP contribution in [0.1, 0.15) is 26.2 Å². The quantitative estimate of drug-likeness (QED) is 0.379. The molecule has 0 radical (unpaired) electrons. The van der Waals surface area contributed by atoms with Gasteiger partial charge in [0.25, 0.3) is 0 Å². The van der Waals surface area contributed by atoms with Crippen molar-refractivity contribution in [1.29, 1.82) is 0 Å². The molecule has 1 N–H and O–H groups in total. The summed E-state index contributed by atoms with van der Waals surface area (Å²) in [5.41, 5.74) is 0. The van der Waals surface area contributed by atoms with Crippen molar-refractivity contribution in [3.8, 4) is 0 Å². The molecule has 1 aliphatic carbocycles. The third-order valence-electron chi connectivity index (χ3n) is 1.10. The predicted molar refractivity (Wildman–Crippen MR) is 43.6 cm³/mol. The van der Waals surface area contributed by atoms with Gasteiger partial charge in [-0.25, -0.2) is 12.2 Å². The Morgan fingerprint density at radius 1 is 1.38 bits per heavy atom. The molecule has 0 fully saturated rings. The van der Waals surface area contributed by atoms with E-state index in [1.54, 1.807) is 0 Å². The van der Waals surface area contributed by atoms with Crippen LogP contribution < -0.4 is 24.8 Å². The van der Waals surface area contributed by atoms with Gasteiger partial charge >= 0.3 is 0 Å². The van der Waals surface area contributed by atoms with Crippen molar-refractivity contribution in [2.75, 3.05) is 6.61 Å². The molecule has 0 aromatic rings. The SMILES string of the molecule is CCCCO.[C-]1=CC=CC1.[Cl-].[Cl-].[Hf]. The number of unbranched alkanes of at least 4 members (excludes halogenated alkanes) is 1. The van der Waals surface area contributed by atoms with Crippen molar-refractivity contribution in [1.82, 2.24) is 0 Å². The average Bonchev–Trinajstić information content (AvgIpc) is 2.44. The summed E-state index contributed by atoms with van der Waals surface area (Å²) < 4.78 is 0. The predicted octanol–water partition coefficient (Wildman–Crippen LogP) is -3.91. The minimum Gasteiger partial charge on any atom is -1.00 e. The summed E-state index contributed by atoms with van der Waals surface area (Å²) in [7, 11) is 0. The van der Waals surface area contributed by atoms with E-state index < -0.39 is 0 Å². The van der Waals surface area contributed by atoms with E-state index in [4.69, 9.17) is 5.11 Å². The van der Waals surface area contributed by atoms with Crippen molar-refractivity contribution < 1.29 is 55.8 Å². The first-order valence-electron chi connectivity index (χ1n) is 3.74. The molecule has 13 heavy (non-hydrogen) atoms. The minimum absolute atomic E-state index is 0. The Labute approximate surface area is 112 Å². The fourth-order valence-electron chi connectivity index (χ4n) is 0.498. The average molecular weight is 389 g/mol. The molecule has 1 nitrogen and oxygen atoms in total. The largest absolute Gasteiger partial charge is 1.00 e. The van der Waals surface area contributed by atoms with E-state index in [0.29, 0.717) is 6.61 Å². The topological polar surface area (TPSA) is 20.2 Å². The second-order valence-electron chi connectivity index (χ2n) is 2.08. The molecular formula is C9H15Cl2HfO-3. The molecule has 0 unspecified atom stereocenters. The van der Waals surface area contributed by atoms with Gasteiger partial charge in [-0.3, -0.25) is 6.08 Å². The number of hydrogen-bond donors (Lipinski definition) is 1. The molecule has 0 saturated carbocycles. The molecule has 0 aromatic carbocycles. The second-order valence-corrected chi connectivity index (χ2v) is 2.08. The van der Waals surface area contributed by atoms with Crippen molar-refractivity contribution in [2.45, 2.75) is 26.2 Å². The Hall–Kier alpha value is 0.890. The zero-order valence-corrected chi connectivity index (χ0v) is 12.9. The molecule has 0 bridgehead atoms. The maximum absolute atomic E-state index is 8.07. The van der Waals surface area contributed by atoms with Crippen LogP contribution in [-0.2, 0) is 25.8 Å². The van der Waals surface area contributed by atoms with Crippen LogP contribution in [0.15, 0.2) is 18.2 Å². The summed E-state index contributed by atoms with van der Waals surface area (Å²) in [6, 6.07) is 0. The zero-order chi connectivity index (χ0) is 7.66. The van der Waals surface area contributed by atoms with Crippen LogP contribution in [0.2, 0.25) is 0 Å². The van der Waals surface area contributed by atoms with Gasteiger partial charge in [0.05, 0.1) is 0 Å². The molecule has 0 saturated heterocycles. The van der Waals surface area contributed by atoms with Crippen LogP contribution in [0.25, 0.3) is 0 Å². The molecule has 1 rings (SSSR count). The summed E-state index contributed by atoms with van der Waals surface area (Å²) in [6.45, 7) is 2.40. The molecule has 1 aliphatic rings.